The number of nitrogens with zero attached hydrogens (tertiary/aromatic N) is 2. The number of amides is 1. The third-order valence-corrected chi connectivity index (χ3v) is 4.57. The highest BCUT2D eigenvalue weighted by atomic mass is 35.5. The summed E-state index contributed by atoms with van der Waals surface area (Å²) in [5.74, 6) is 1.18. The predicted molar refractivity (Wildman–Crippen MR) is 102 cm³/mol. The molecule has 0 aromatic carbocycles. The fourth-order valence-electron chi connectivity index (χ4n) is 3.29. The standard InChI is InChI=1S/C17H26N4O.2ClH/c22-17(12-15-5-4-7-18-15)20-13-14-6-8-19-16(11-14)21-9-2-1-3-10-21;;/h6,8,11,15,18H,1-5,7,9-10,12-13H2,(H,20,22);2*1H. The Morgan fingerprint density at radius 1 is 1.25 bits per heavy atom. The zero-order chi connectivity index (χ0) is 15.2. The second-order valence-electron chi connectivity index (χ2n) is 6.34. The van der Waals surface area contributed by atoms with Crippen LogP contribution in [0, 0.1) is 0 Å². The van der Waals surface area contributed by atoms with E-state index in [0.717, 1.165) is 37.4 Å². The molecule has 1 aromatic rings. The molecule has 24 heavy (non-hydrogen) atoms. The monoisotopic (exact) mass is 374 g/mol. The minimum absolute atomic E-state index is 0. The molecule has 1 unspecified atom stereocenters. The van der Waals surface area contributed by atoms with Crippen LogP contribution in [-0.2, 0) is 11.3 Å². The van der Waals surface area contributed by atoms with Crippen LogP contribution in [-0.4, -0.2) is 36.6 Å². The van der Waals surface area contributed by atoms with Gasteiger partial charge in [0.1, 0.15) is 5.82 Å². The normalized spacial score (nSPS) is 20.0. The van der Waals surface area contributed by atoms with Crippen LogP contribution < -0.4 is 15.5 Å². The summed E-state index contributed by atoms with van der Waals surface area (Å²) in [5, 5.41) is 6.39. The van der Waals surface area contributed by atoms with Crippen LogP contribution in [0.1, 0.15) is 44.1 Å². The van der Waals surface area contributed by atoms with Gasteiger partial charge >= 0.3 is 0 Å². The fraction of sp³-hybridized carbons (Fsp3) is 0.647. The lowest BCUT2D eigenvalue weighted by Gasteiger charge is -2.27. The van der Waals surface area contributed by atoms with Crippen LogP contribution >= 0.6 is 24.8 Å². The summed E-state index contributed by atoms with van der Waals surface area (Å²) < 4.78 is 0. The molecule has 0 bridgehead atoms. The zero-order valence-corrected chi connectivity index (χ0v) is 15.6. The number of hydrogen-bond donors (Lipinski definition) is 2. The molecule has 1 amide bonds. The summed E-state index contributed by atoms with van der Waals surface area (Å²) in [6.07, 6.45) is 8.55. The van der Waals surface area contributed by atoms with Gasteiger partial charge < -0.3 is 15.5 Å². The third-order valence-electron chi connectivity index (χ3n) is 4.57. The zero-order valence-electron chi connectivity index (χ0n) is 14.0. The van der Waals surface area contributed by atoms with Crippen molar-refractivity contribution >= 4 is 36.5 Å². The first kappa shape index (κ1) is 21.0. The van der Waals surface area contributed by atoms with Gasteiger partial charge in [-0.25, -0.2) is 4.98 Å². The fourth-order valence-corrected chi connectivity index (χ4v) is 3.29. The third kappa shape index (κ3) is 6.11. The quantitative estimate of drug-likeness (QED) is 0.831. The smallest absolute Gasteiger partial charge is 0.221 e. The van der Waals surface area contributed by atoms with E-state index in [0.29, 0.717) is 19.0 Å². The van der Waals surface area contributed by atoms with E-state index in [1.165, 1.54) is 25.7 Å². The first-order valence-electron chi connectivity index (χ1n) is 8.51. The molecule has 3 heterocycles. The molecule has 3 rings (SSSR count). The Balaban J connectivity index is 0.00000144. The Bertz CT molecular complexity index is 503. The summed E-state index contributed by atoms with van der Waals surface area (Å²) in [6, 6.07) is 4.46. The lowest BCUT2D eigenvalue weighted by Crippen LogP contribution is -2.32. The molecule has 2 N–H and O–H groups in total. The number of pyridine rings is 1. The Kier molecular flexibility index (Phi) is 9.41. The molecular formula is C17H28Cl2N4O. The van der Waals surface area contributed by atoms with E-state index >= 15 is 0 Å². The molecule has 1 aromatic heterocycles. The van der Waals surface area contributed by atoms with Gasteiger partial charge in [0.05, 0.1) is 0 Å². The number of rotatable bonds is 5. The van der Waals surface area contributed by atoms with Crippen molar-refractivity contribution in [2.24, 2.45) is 0 Å². The Hall–Kier alpha value is -1.04. The van der Waals surface area contributed by atoms with Gasteiger partial charge in [-0.15, -0.1) is 24.8 Å². The first-order valence-corrected chi connectivity index (χ1v) is 8.51. The molecule has 0 aliphatic carbocycles. The van der Waals surface area contributed by atoms with Crippen LogP contribution in [0.3, 0.4) is 0 Å². The summed E-state index contributed by atoms with van der Waals surface area (Å²) in [4.78, 5) is 18.8. The van der Waals surface area contributed by atoms with Gasteiger partial charge in [-0.2, -0.15) is 0 Å². The first-order chi connectivity index (χ1) is 10.8. The lowest BCUT2D eigenvalue weighted by atomic mass is 10.1. The maximum Gasteiger partial charge on any atom is 0.221 e. The van der Waals surface area contributed by atoms with Crippen LogP contribution in [0.15, 0.2) is 18.3 Å². The van der Waals surface area contributed by atoms with E-state index in [1.807, 2.05) is 12.3 Å². The van der Waals surface area contributed by atoms with E-state index < -0.39 is 0 Å². The highest BCUT2D eigenvalue weighted by Gasteiger charge is 2.17. The number of carbonyl (C=O) groups excluding carboxylic acids is 1. The van der Waals surface area contributed by atoms with Crippen molar-refractivity contribution in [1.82, 2.24) is 15.6 Å². The molecule has 136 valence electrons. The molecule has 0 radical (unpaired) electrons. The largest absolute Gasteiger partial charge is 0.357 e. The summed E-state index contributed by atoms with van der Waals surface area (Å²) in [7, 11) is 0. The summed E-state index contributed by atoms with van der Waals surface area (Å²) in [6.45, 7) is 3.82. The predicted octanol–water partition coefficient (Wildman–Crippen LogP) is 2.67. The van der Waals surface area contributed by atoms with Gasteiger partial charge in [-0.3, -0.25) is 4.79 Å². The van der Waals surface area contributed by atoms with E-state index in [9.17, 15) is 4.79 Å². The Morgan fingerprint density at radius 3 is 2.75 bits per heavy atom. The summed E-state index contributed by atoms with van der Waals surface area (Å²) in [5.41, 5.74) is 1.13. The molecule has 0 saturated carbocycles. The molecular weight excluding hydrogens is 347 g/mol. The molecule has 1 atom stereocenters. The number of carbonyl (C=O) groups is 1. The van der Waals surface area contributed by atoms with E-state index in [4.69, 9.17) is 0 Å². The average Bonchev–Trinajstić information content (AvgIpc) is 3.07. The average molecular weight is 375 g/mol. The number of hydrogen-bond acceptors (Lipinski definition) is 4. The molecule has 2 aliphatic heterocycles. The molecule has 0 spiro atoms. The highest BCUT2D eigenvalue weighted by molar-refractivity contribution is 5.85. The van der Waals surface area contributed by atoms with Crippen molar-refractivity contribution in [3.63, 3.8) is 0 Å². The molecule has 7 heteroatoms. The van der Waals surface area contributed by atoms with Crippen LogP contribution in [0.4, 0.5) is 5.82 Å². The number of piperidine rings is 1. The van der Waals surface area contributed by atoms with Gasteiger partial charge in [0.15, 0.2) is 0 Å². The van der Waals surface area contributed by atoms with Gasteiger partial charge in [0.25, 0.3) is 0 Å². The van der Waals surface area contributed by atoms with Gasteiger partial charge in [-0.05, 0) is 56.3 Å². The molecule has 5 nitrogen and oxygen atoms in total. The number of nitrogens with one attached hydrogen (secondary N) is 2. The van der Waals surface area contributed by atoms with Crippen molar-refractivity contribution in [2.75, 3.05) is 24.5 Å². The number of aromatic nitrogens is 1. The topological polar surface area (TPSA) is 57.3 Å². The second kappa shape index (κ2) is 10.7. The van der Waals surface area contributed by atoms with Crippen LogP contribution in [0.5, 0.6) is 0 Å². The highest BCUT2D eigenvalue weighted by Crippen LogP contribution is 2.18. The SMILES string of the molecule is Cl.Cl.O=C(CC1CCCN1)NCc1ccnc(N2CCCCC2)c1. The van der Waals surface area contributed by atoms with Crippen molar-refractivity contribution in [3.05, 3.63) is 23.9 Å². The van der Waals surface area contributed by atoms with Gasteiger partial charge in [0, 0.05) is 38.3 Å². The molecule has 2 saturated heterocycles. The second-order valence-corrected chi connectivity index (χ2v) is 6.34. The van der Waals surface area contributed by atoms with Crippen molar-refractivity contribution in [3.8, 4) is 0 Å². The van der Waals surface area contributed by atoms with Crippen molar-refractivity contribution < 1.29 is 4.79 Å². The van der Waals surface area contributed by atoms with E-state index in [-0.39, 0.29) is 30.7 Å². The molecule has 2 aliphatic rings. The van der Waals surface area contributed by atoms with Gasteiger partial charge in [-0.1, -0.05) is 0 Å². The Morgan fingerprint density at radius 2 is 2.04 bits per heavy atom. The van der Waals surface area contributed by atoms with Crippen molar-refractivity contribution in [2.45, 2.75) is 51.1 Å². The number of halogens is 2. The number of anilines is 1. The lowest BCUT2D eigenvalue weighted by molar-refractivity contribution is -0.121. The minimum Gasteiger partial charge on any atom is -0.357 e. The maximum absolute atomic E-state index is 12.0. The van der Waals surface area contributed by atoms with Crippen LogP contribution in [0.2, 0.25) is 0 Å². The van der Waals surface area contributed by atoms with Crippen molar-refractivity contribution in [1.29, 1.82) is 0 Å². The maximum atomic E-state index is 12.0. The van der Waals surface area contributed by atoms with Crippen LogP contribution in [0.25, 0.3) is 0 Å². The van der Waals surface area contributed by atoms with E-state index in [2.05, 4.69) is 26.6 Å². The van der Waals surface area contributed by atoms with Gasteiger partial charge in [0.2, 0.25) is 5.91 Å². The Labute approximate surface area is 156 Å². The summed E-state index contributed by atoms with van der Waals surface area (Å²) >= 11 is 0. The minimum atomic E-state index is 0. The molecule has 2 fully saturated rings. The van der Waals surface area contributed by atoms with E-state index in [1.54, 1.807) is 0 Å².